The van der Waals surface area contributed by atoms with Crippen LogP contribution in [-0.4, -0.2) is 3.25 Å². The van der Waals surface area contributed by atoms with Crippen molar-refractivity contribution in [2.75, 3.05) is 0 Å². The minimum atomic E-state index is -1.61. The quantitative estimate of drug-likeness (QED) is 0.382. The van der Waals surface area contributed by atoms with E-state index in [1.165, 1.54) is 0 Å². The standard InChI is InChI=1S/CCl4.4ClH.V/c2-1(3,4)5;;;;;/h;4*1H;/q;;;;;+4/p-4. The van der Waals surface area contributed by atoms with E-state index in [9.17, 15) is 0 Å². The van der Waals surface area contributed by atoms with E-state index in [-0.39, 0.29) is 68.2 Å². The van der Waals surface area contributed by atoms with Crippen molar-refractivity contribution in [3.8, 4) is 0 Å². The summed E-state index contributed by atoms with van der Waals surface area (Å²) in [6.45, 7) is 0. The summed E-state index contributed by atoms with van der Waals surface area (Å²) in [7, 11) is 0. The number of rotatable bonds is 0. The van der Waals surface area contributed by atoms with Crippen LogP contribution in [-0.2, 0) is 18.6 Å². The van der Waals surface area contributed by atoms with Crippen molar-refractivity contribution >= 4 is 46.4 Å². The van der Waals surface area contributed by atoms with Crippen LogP contribution < -0.4 is 49.6 Å². The molecule has 0 aromatic heterocycles. The van der Waals surface area contributed by atoms with Crippen LogP contribution in [0.4, 0.5) is 0 Å². The van der Waals surface area contributed by atoms with Crippen LogP contribution in [0.15, 0.2) is 0 Å². The van der Waals surface area contributed by atoms with Gasteiger partial charge in [0.2, 0.25) is 0 Å². The van der Waals surface area contributed by atoms with Crippen molar-refractivity contribution in [1.82, 2.24) is 0 Å². The summed E-state index contributed by atoms with van der Waals surface area (Å²) in [4.78, 5) is 0. The average Bonchev–Trinajstić information content (AvgIpc) is 0.722. The van der Waals surface area contributed by atoms with Crippen LogP contribution in [0, 0.1) is 0 Å². The molecule has 65 valence electrons. The molecule has 0 aliphatic rings. The average molecular weight is 347 g/mol. The molecule has 0 N–H and O–H groups in total. The molecule has 0 heterocycles. The smallest absolute Gasteiger partial charge is 1.00 e. The van der Waals surface area contributed by atoms with Gasteiger partial charge in [0, 0.05) is 0 Å². The van der Waals surface area contributed by atoms with Crippen molar-refractivity contribution < 1.29 is 68.2 Å². The molecule has 0 amide bonds. The monoisotopic (exact) mass is 343 g/mol. The second-order valence-electron chi connectivity index (χ2n) is 0.429. The molecule has 0 rings (SSSR count). The first kappa shape index (κ1) is 38.4. The summed E-state index contributed by atoms with van der Waals surface area (Å²) >= 11 is 19.3. The molecule has 10 heavy (non-hydrogen) atoms. The predicted octanol–water partition coefficient (Wildman–Crippen LogP) is -9.43. The zero-order chi connectivity index (χ0) is 4.50. The summed E-state index contributed by atoms with van der Waals surface area (Å²) in [6, 6.07) is 0. The summed E-state index contributed by atoms with van der Waals surface area (Å²) in [6.07, 6.45) is 0. The molecule has 0 saturated carbocycles. The molecule has 0 aliphatic heterocycles. The van der Waals surface area contributed by atoms with E-state index in [0.29, 0.717) is 0 Å². The third-order valence-corrected chi connectivity index (χ3v) is 0. The van der Waals surface area contributed by atoms with Crippen molar-refractivity contribution in [3.63, 3.8) is 0 Å². The molecule has 0 fully saturated rings. The number of halogens is 8. The molecular formula is CCl8V. The molecule has 0 nitrogen and oxygen atoms in total. The topological polar surface area (TPSA) is 0 Å². The molecule has 0 unspecified atom stereocenters. The predicted molar refractivity (Wildman–Crippen MR) is 26.1 cm³/mol. The van der Waals surface area contributed by atoms with Crippen molar-refractivity contribution in [2.24, 2.45) is 0 Å². The fourth-order valence-corrected chi connectivity index (χ4v) is 0. The Morgan fingerprint density at radius 1 is 0.600 bits per heavy atom. The minimum Gasteiger partial charge on any atom is -1.00 e. The Bertz CT molecular complexity index is 24.7. The largest absolute Gasteiger partial charge is 4.00 e. The van der Waals surface area contributed by atoms with Gasteiger partial charge in [0.05, 0.1) is 0 Å². The molecule has 0 aromatic rings. The third-order valence-electron chi connectivity index (χ3n) is 0. The number of hydrogen-bond donors (Lipinski definition) is 0. The van der Waals surface area contributed by atoms with Crippen LogP contribution in [0.5, 0.6) is 0 Å². The van der Waals surface area contributed by atoms with Gasteiger partial charge in [0.25, 0.3) is 3.25 Å². The van der Waals surface area contributed by atoms with Crippen LogP contribution in [0.2, 0.25) is 0 Å². The number of hydrogen-bond acceptors (Lipinski definition) is 0. The van der Waals surface area contributed by atoms with Crippen molar-refractivity contribution in [3.05, 3.63) is 0 Å². The van der Waals surface area contributed by atoms with E-state index >= 15 is 0 Å². The van der Waals surface area contributed by atoms with Gasteiger partial charge in [-0.25, -0.2) is 0 Å². The van der Waals surface area contributed by atoms with Gasteiger partial charge >= 0.3 is 18.6 Å². The Labute approximate surface area is 117 Å². The second-order valence-corrected chi connectivity index (χ2v) is 3.86. The van der Waals surface area contributed by atoms with Crippen LogP contribution in [0.25, 0.3) is 0 Å². The normalized spacial score (nSPS) is 6.00. The van der Waals surface area contributed by atoms with Crippen molar-refractivity contribution in [2.45, 2.75) is 3.25 Å². The fraction of sp³-hybridized carbons (Fsp3) is 1.00. The molecular weight excluding hydrogens is 347 g/mol. The molecule has 0 atom stereocenters. The van der Waals surface area contributed by atoms with Gasteiger partial charge in [-0.3, -0.25) is 0 Å². The Morgan fingerprint density at radius 2 is 0.600 bits per heavy atom. The first-order chi connectivity index (χ1) is 2.00. The summed E-state index contributed by atoms with van der Waals surface area (Å²) in [5, 5.41) is 0. The molecule has 0 aromatic carbocycles. The Morgan fingerprint density at radius 3 is 0.600 bits per heavy atom. The Hall–Kier alpha value is 2.90. The molecule has 9 heteroatoms. The van der Waals surface area contributed by atoms with E-state index < -0.39 is 3.25 Å². The van der Waals surface area contributed by atoms with Crippen LogP contribution in [0.3, 0.4) is 0 Å². The van der Waals surface area contributed by atoms with Crippen molar-refractivity contribution in [1.29, 1.82) is 0 Å². The van der Waals surface area contributed by atoms with Crippen LogP contribution >= 0.6 is 46.4 Å². The first-order valence-electron chi connectivity index (χ1n) is 0.756. The molecule has 0 aliphatic carbocycles. The molecule has 1 radical (unpaired) electrons. The van der Waals surface area contributed by atoms with E-state index in [2.05, 4.69) is 0 Å². The van der Waals surface area contributed by atoms with E-state index in [4.69, 9.17) is 46.4 Å². The fourth-order valence-electron chi connectivity index (χ4n) is 0. The maximum absolute atomic E-state index is 4.83. The second kappa shape index (κ2) is 17.9. The molecule has 0 saturated heterocycles. The van der Waals surface area contributed by atoms with E-state index in [0.717, 1.165) is 0 Å². The van der Waals surface area contributed by atoms with Gasteiger partial charge in [0.15, 0.2) is 0 Å². The number of alkyl halides is 4. The van der Waals surface area contributed by atoms with E-state index in [1.54, 1.807) is 0 Å². The van der Waals surface area contributed by atoms with Gasteiger partial charge in [-0.1, -0.05) is 46.4 Å². The Kier molecular flexibility index (Phi) is 68.5. The third kappa shape index (κ3) is 127. The zero-order valence-corrected chi connectivity index (χ0v) is 11.4. The molecule has 0 bridgehead atoms. The summed E-state index contributed by atoms with van der Waals surface area (Å²) in [5.41, 5.74) is 0. The van der Waals surface area contributed by atoms with Gasteiger partial charge in [-0.15, -0.1) is 0 Å². The maximum Gasteiger partial charge on any atom is 4.00 e. The minimum absolute atomic E-state index is 0. The summed E-state index contributed by atoms with van der Waals surface area (Å²) in [5.74, 6) is 0. The van der Waals surface area contributed by atoms with Gasteiger partial charge in [-0.2, -0.15) is 0 Å². The first-order valence-corrected chi connectivity index (χ1v) is 2.27. The summed E-state index contributed by atoms with van der Waals surface area (Å²) < 4.78 is -1.61. The molecule has 0 spiro atoms. The SMILES string of the molecule is ClC(Cl)(Cl)Cl.[Cl-].[Cl-].[Cl-].[Cl-].[V+4]. The van der Waals surface area contributed by atoms with Crippen LogP contribution in [0.1, 0.15) is 0 Å². The Balaban J connectivity index is -0.00000000800. The van der Waals surface area contributed by atoms with E-state index in [1.807, 2.05) is 0 Å². The van der Waals surface area contributed by atoms with Gasteiger partial charge in [-0.05, 0) is 0 Å². The van der Waals surface area contributed by atoms with Gasteiger partial charge < -0.3 is 49.6 Å². The zero-order valence-electron chi connectivity index (χ0n) is 3.97. The maximum atomic E-state index is 4.83. The van der Waals surface area contributed by atoms with Gasteiger partial charge in [0.1, 0.15) is 0 Å².